The van der Waals surface area contributed by atoms with Crippen molar-refractivity contribution in [2.75, 3.05) is 6.61 Å². The van der Waals surface area contributed by atoms with Gasteiger partial charge in [0.15, 0.2) is 0 Å². The summed E-state index contributed by atoms with van der Waals surface area (Å²) in [6.07, 6.45) is 0.689. The fourth-order valence-corrected chi connectivity index (χ4v) is 0.294. The monoisotopic (exact) mass is 233 g/mol. The van der Waals surface area contributed by atoms with Crippen LogP contribution in [0.2, 0.25) is 0 Å². The number of rotatable bonds is 4. The summed E-state index contributed by atoms with van der Waals surface area (Å²) < 4.78 is 4.32. The van der Waals surface area contributed by atoms with Gasteiger partial charge in [0.25, 0.3) is 0 Å². The molecule has 0 spiro atoms. The van der Waals surface area contributed by atoms with Crippen LogP contribution in [-0.2, 0) is 40.5 Å². The van der Waals surface area contributed by atoms with Gasteiger partial charge < -0.3 is 14.6 Å². The molecule has 0 bridgehead atoms. The van der Waals surface area contributed by atoms with Gasteiger partial charge in [-0.25, -0.2) is 4.79 Å². The molecule has 0 rings (SSSR count). The number of carbonyl (C=O) groups is 2. The van der Waals surface area contributed by atoms with Gasteiger partial charge in [0.1, 0.15) is 0 Å². The van der Waals surface area contributed by atoms with Crippen molar-refractivity contribution in [3.8, 4) is 0 Å². The Labute approximate surface area is 83.4 Å². The third-order valence-corrected chi connectivity index (χ3v) is 0.717. The van der Waals surface area contributed by atoms with E-state index < -0.39 is 11.9 Å². The molecule has 0 aromatic rings. The van der Waals surface area contributed by atoms with Crippen molar-refractivity contribution < 1.29 is 45.6 Å². The van der Waals surface area contributed by atoms with Crippen LogP contribution >= 0.6 is 0 Å². The number of aliphatic carboxylic acids is 1. The molecule has 0 atom stereocenters. The Bertz CT molecular complexity index is 155. The van der Waals surface area contributed by atoms with Crippen LogP contribution in [0.1, 0.15) is 6.42 Å². The fourth-order valence-electron chi connectivity index (χ4n) is 0.294. The Morgan fingerprint density at radius 1 is 1.55 bits per heavy atom. The van der Waals surface area contributed by atoms with Crippen LogP contribution in [0.3, 0.4) is 0 Å². The van der Waals surface area contributed by atoms with E-state index in [1.54, 1.807) is 0 Å². The number of carbonyl (C=O) groups excluding carboxylic acids is 2. The zero-order chi connectivity index (χ0) is 7.98. The van der Waals surface area contributed by atoms with Crippen molar-refractivity contribution >= 4 is 11.9 Å². The van der Waals surface area contributed by atoms with Crippen molar-refractivity contribution in [1.29, 1.82) is 0 Å². The van der Waals surface area contributed by atoms with Crippen molar-refractivity contribution in [3.05, 3.63) is 12.7 Å². The number of hydrogen-bond acceptors (Lipinski definition) is 4. The smallest absolute Gasteiger partial charge is 0.550 e. The normalized spacial score (nSPS) is 7.64. The molecule has 0 radical (unpaired) electrons. The van der Waals surface area contributed by atoms with E-state index in [4.69, 9.17) is 0 Å². The minimum atomic E-state index is -1.24. The first-order chi connectivity index (χ1) is 4.66. The maximum atomic E-state index is 10.2. The second-order valence-corrected chi connectivity index (χ2v) is 1.49. The average molecular weight is 234 g/mol. The minimum absolute atomic E-state index is 0. The molecule has 0 amide bonds. The quantitative estimate of drug-likeness (QED) is 0.455. The van der Waals surface area contributed by atoms with E-state index in [1.807, 2.05) is 0 Å². The van der Waals surface area contributed by atoms with Crippen LogP contribution in [0.4, 0.5) is 0 Å². The minimum Gasteiger partial charge on any atom is -0.550 e. The van der Waals surface area contributed by atoms with Gasteiger partial charge in [-0.05, 0) is 0 Å². The van der Waals surface area contributed by atoms with Crippen molar-refractivity contribution in [1.82, 2.24) is 0 Å². The molecular weight excluding hydrogens is 227 g/mol. The summed E-state index contributed by atoms with van der Waals surface area (Å²) >= 11 is 0. The van der Waals surface area contributed by atoms with Gasteiger partial charge >= 0.3 is 32.2 Å². The van der Waals surface area contributed by atoms with E-state index in [2.05, 4.69) is 11.3 Å². The molecule has 5 heteroatoms. The SMILES string of the molecule is C=CC(=O)OCCC(=O)[O-].[Zr+4]. The summed E-state index contributed by atoms with van der Waals surface area (Å²) in [5.74, 6) is -1.86. The van der Waals surface area contributed by atoms with Gasteiger partial charge in [0.2, 0.25) is 0 Å². The molecule has 0 aliphatic heterocycles. The molecule has 0 aliphatic carbocycles. The second-order valence-electron chi connectivity index (χ2n) is 1.49. The predicted octanol–water partition coefficient (Wildman–Crippen LogP) is -1.15. The zero-order valence-electron chi connectivity index (χ0n) is 5.83. The summed E-state index contributed by atoms with van der Waals surface area (Å²) in [5.41, 5.74) is 0. The first-order valence-corrected chi connectivity index (χ1v) is 2.66. The first kappa shape index (κ1) is 13.2. The van der Waals surface area contributed by atoms with Gasteiger partial charge in [-0.3, -0.25) is 0 Å². The molecule has 0 saturated heterocycles. The van der Waals surface area contributed by atoms with Gasteiger partial charge in [-0.1, -0.05) is 6.58 Å². The largest absolute Gasteiger partial charge is 4.00 e. The van der Waals surface area contributed by atoms with E-state index >= 15 is 0 Å². The number of carboxylic acid groups (broad SMARTS) is 1. The van der Waals surface area contributed by atoms with E-state index in [1.165, 1.54) is 0 Å². The van der Waals surface area contributed by atoms with Gasteiger partial charge in [-0.2, -0.15) is 0 Å². The molecule has 11 heavy (non-hydrogen) atoms. The topological polar surface area (TPSA) is 66.4 Å². The van der Waals surface area contributed by atoms with Gasteiger partial charge in [-0.15, -0.1) is 0 Å². The molecular formula is C6H7O4Zr+3. The summed E-state index contributed by atoms with van der Waals surface area (Å²) in [5, 5.41) is 9.74. The van der Waals surface area contributed by atoms with E-state index in [-0.39, 0.29) is 39.2 Å². The first-order valence-electron chi connectivity index (χ1n) is 2.66. The summed E-state index contributed by atoms with van der Waals surface area (Å²) in [6.45, 7) is 2.96. The third kappa shape index (κ3) is 9.56. The molecule has 0 aromatic heterocycles. The van der Waals surface area contributed by atoms with Crippen molar-refractivity contribution in [3.63, 3.8) is 0 Å². The van der Waals surface area contributed by atoms with Crippen LogP contribution in [0, 0.1) is 0 Å². The molecule has 0 unspecified atom stereocenters. The molecule has 0 fully saturated rings. The summed E-state index contributed by atoms with van der Waals surface area (Å²) in [4.78, 5) is 20.0. The van der Waals surface area contributed by atoms with E-state index in [0.717, 1.165) is 6.08 Å². The Hall–Kier alpha value is -0.437. The molecule has 0 heterocycles. The van der Waals surface area contributed by atoms with Crippen LogP contribution in [0.15, 0.2) is 12.7 Å². The second kappa shape index (κ2) is 7.67. The maximum Gasteiger partial charge on any atom is 4.00 e. The standard InChI is InChI=1S/C6H8O4.Zr/c1-2-6(9)10-4-3-5(7)8;/h2H,1,3-4H2,(H,7,8);/q;+4/p-1. The Kier molecular flexibility index (Phi) is 9.18. The number of hydrogen-bond donors (Lipinski definition) is 0. The van der Waals surface area contributed by atoms with Crippen LogP contribution in [-0.4, -0.2) is 18.5 Å². The summed E-state index contributed by atoms with van der Waals surface area (Å²) in [7, 11) is 0. The van der Waals surface area contributed by atoms with Gasteiger partial charge in [0, 0.05) is 18.5 Å². The molecule has 0 saturated carbocycles. The van der Waals surface area contributed by atoms with Crippen LogP contribution in [0.25, 0.3) is 0 Å². The Morgan fingerprint density at radius 3 is 2.45 bits per heavy atom. The maximum absolute atomic E-state index is 10.2. The van der Waals surface area contributed by atoms with Crippen LogP contribution < -0.4 is 5.11 Å². The average Bonchev–Trinajstić information content (AvgIpc) is 1.87. The van der Waals surface area contributed by atoms with Crippen molar-refractivity contribution in [2.45, 2.75) is 6.42 Å². The number of ether oxygens (including phenoxy) is 1. The zero-order valence-corrected chi connectivity index (χ0v) is 8.29. The van der Waals surface area contributed by atoms with Crippen LogP contribution in [0.5, 0.6) is 0 Å². The molecule has 0 aliphatic rings. The van der Waals surface area contributed by atoms with E-state index in [0.29, 0.717) is 0 Å². The Balaban J connectivity index is 0. The number of carboxylic acids is 1. The molecule has 0 N–H and O–H groups in total. The third-order valence-electron chi connectivity index (χ3n) is 0.717. The molecule has 56 valence electrons. The number of esters is 1. The van der Waals surface area contributed by atoms with Crippen molar-refractivity contribution in [2.24, 2.45) is 0 Å². The van der Waals surface area contributed by atoms with E-state index in [9.17, 15) is 14.7 Å². The molecule has 4 nitrogen and oxygen atoms in total. The fraction of sp³-hybridized carbons (Fsp3) is 0.333. The molecule has 0 aromatic carbocycles. The van der Waals surface area contributed by atoms with Gasteiger partial charge in [0.05, 0.1) is 6.61 Å². The summed E-state index contributed by atoms with van der Waals surface area (Å²) in [6, 6.07) is 0. The Morgan fingerprint density at radius 2 is 2.09 bits per heavy atom. The predicted molar refractivity (Wildman–Crippen MR) is 30.8 cm³/mol.